The van der Waals surface area contributed by atoms with E-state index in [1.807, 2.05) is 20.8 Å². The van der Waals surface area contributed by atoms with Gasteiger partial charge in [-0.3, -0.25) is 4.79 Å². The van der Waals surface area contributed by atoms with Gasteiger partial charge in [-0.1, -0.05) is 12.1 Å². The maximum absolute atomic E-state index is 11.6. The number of amides is 3. The van der Waals surface area contributed by atoms with Crippen molar-refractivity contribution in [2.24, 2.45) is 0 Å². The molecule has 0 radical (unpaired) electrons. The molecule has 7 nitrogen and oxygen atoms in total. The molecule has 3 amide bonds. The number of hydrogen-bond acceptors (Lipinski definition) is 3. The standard InChI is InChI=1S/C16H23N3O4/c1-16(2,3)19-13(20)8-9-17-15(23)18-10-11-4-6-12(7-5-11)14(21)22/h4-7H,8-10H2,1-3H3,(H,19,20)(H,21,22)(H2,17,18,23). The average molecular weight is 321 g/mol. The lowest BCUT2D eigenvalue weighted by Gasteiger charge is -2.20. The van der Waals surface area contributed by atoms with Gasteiger partial charge in [-0.2, -0.15) is 0 Å². The molecule has 0 unspecified atom stereocenters. The van der Waals surface area contributed by atoms with E-state index in [9.17, 15) is 14.4 Å². The van der Waals surface area contributed by atoms with E-state index >= 15 is 0 Å². The molecule has 0 aromatic heterocycles. The normalized spacial score (nSPS) is 10.7. The van der Waals surface area contributed by atoms with Gasteiger partial charge in [-0.25, -0.2) is 9.59 Å². The molecule has 0 aliphatic carbocycles. The van der Waals surface area contributed by atoms with Crippen LogP contribution in [0, 0.1) is 0 Å². The van der Waals surface area contributed by atoms with E-state index in [2.05, 4.69) is 16.0 Å². The first-order valence-corrected chi connectivity index (χ1v) is 7.32. The minimum absolute atomic E-state index is 0.123. The van der Waals surface area contributed by atoms with Gasteiger partial charge in [0.2, 0.25) is 5.91 Å². The van der Waals surface area contributed by atoms with Crippen molar-refractivity contribution in [3.63, 3.8) is 0 Å². The number of benzene rings is 1. The summed E-state index contributed by atoms with van der Waals surface area (Å²) in [6.45, 7) is 6.19. The molecule has 0 aliphatic rings. The number of rotatable bonds is 6. The Morgan fingerprint density at radius 2 is 1.65 bits per heavy atom. The number of carbonyl (C=O) groups excluding carboxylic acids is 2. The fourth-order valence-corrected chi connectivity index (χ4v) is 1.78. The Hall–Kier alpha value is -2.57. The smallest absolute Gasteiger partial charge is 0.335 e. The van der Waals surface area contributed by atoms with E-state index in [1.54, 1.807) is 12.1 Å². The molecule has 0 saturated carbocycles. The van der Waals surface area contributed by atoms with E-state index in [1.165, 1.54) is 12.1 Å². The molecule has 126 valence electrons. The van der Waals surface area contributed by atoms with E-state index in [0.717, 1.165) is 5.56 Å². The molecule has 1 aromatic carbocycles. The second kappa shape index (κ2) is 8.17. The molecular formula is C16H23N3O4. The number of urea groups is 1. The van der Waals surface area contributed by atoms with Gasteiger partial charge >= 0.3 is 12.0 Å². The van der Waals surface area contributed by atoms with E-state index in [-0.39, 0.29) is 42.6 Å². The summed E-state index contributed by atoms with van der Waals surface area (Å²) in [5.74, 6) is -1.11. The summed E-state index contributed by atoms with van der Waals surface area (Å²) < 4.78 is 0. The SMILES string of the molecule is CC(C)(C)NC(=O)CCNC(=O)NCc1ccc(C(=O)O)cc1. The van der Waals surface area contributed by atoms with Gasteiger partial charge in [0, 0.05) is 25.0 Å². The van der Waals surface area contributed by atoms with Crippen LogP contribution < -0.4 is 16.0 Å². The van der Waals surface area contributed by atoms with Crippen LogP contribution in [0.5, 0.6) is 0 Å². The Morgan fingerprint density at radius 1 is 1.04 bits per heavy atom. The summed E-state index contributed by atoms with van der Waals surface area (Å²) in [5, 5.41) is 16.8. The third-order valence-corrected chi connectivity index (χ3v) is 2.81. The topological polar surface area (TPSA) is 108 Å². The molecule has 0 aliphatic heterocycles. The zero-order valence-electron chi connectivity index (χ0n) is 13.6. The Bertz CT molecular complexity index is 562. The summed E-state index contributed by atoms with van der Waals surface area (Å²) in [7, 11) is 0. The number of carbonyl (C=O) groups is 3. The van der Waals surface area contributed by atoms with Crippen molar-refractivity contribution in [1.29, 1.82) is 0 Å². The predicted octanol–water partition coefficient (Wildman–Crippen LogP) is 1.49. The van der Waals surface area contributed by atoms with Crippen molar-refractivity contribution in [2.45, 2.75) is 39.3 Å². The maximum Gasteiger partial charge on any atom is 0.335 e. The molecule has 0 bridgehead atoms. The fourth-order valence-electron chi connectivity index (χ4n) is 1.78. The first kappa shape index (κ1) is 18.5. The summed E-state index contributed by atoms with van der Waals surface area (Å²) in [4.78, 5) is 33.9. The Kier molecular flexibility index (Phi) is 6.56. The molecule has 0 spiro atoms. The lowest BCUT2D eigenvalue weighted by molar-refractivity contribution is -0.122. The number of carboxylic acids is 1. The molecule has 1 aromatic rings. The summed E-state index contributed by atoms with van der Waals surface area (Å²) >= 11 is 0. The molecular weight excluding hydrogens is 298 g/mol. The van der Waals surface area contributed by atoms with Crippen LogP contribution in [0.3, 0.4) is 0 Å². The molecule has 23 heavy (non-hydrogen) atoms. The molecule has 0 atom stereocenters. The number of carboxylic acid groups (broad SMARTS) is 1. The molecule has 4 N–H and O–H groups in total. The molecule has 0 heterocycles. The monoisotopic (exact) mass is 321 g/mol. The molecule has 0 saturated heterocycles. The van der Waals surface area contributed by atoms with Gasteiger partial charge in [0.1, 0.15) is 0 Å². The van der Waals surface area contributed by atoms with Crippen molar-refractivity contribution in [2.75, 3.05) is 6.54 Å². The van der Waals surface area contributed by atoms with Gasteiger partial charge in [0.25, 0.3) is 0 Å². The van der Waals surface area contributed by atoms with Gasteiger partial charge in [0.05, 0.1) is 5.56 Å². The maximum atomic E-state index is 11.6. The fraction of sp³-hybridized carbons (Fsp3) is 0.438. The van der Waals surface area contributed by atoms with Crippen molar-refractivity contribution < 1.29 is 19.5 Å². The van der Waals surface area contributed by atoms with E-state index < -0.39 is 5.97 Å². The lowest BCUT2D eigenvalue weighted by Crippen LogP contribution is -2.43. The highest BCUT2D eigenvalue weighted by atomic mass is 16.4. The summed E-state index contributed by atoms with van der Waals surface area (Å²) in [6, 6.07) is 5.86. The quantitative estimate of drug-likeness (QED) is 0.636. The third-order valence-electron chi connectivity index (χ3n) is 2.81. The van der Waals surface area contributed by atoms with Crippen molar-refractivity contribution in [3.8, 4) is 0 Å². The Balaban J connectivity index is 2.27. The van der Waals surface area contributed by atoms with Gasteiger partial charge in [-0.15, -0.1) is 0 Å². The second-order valence-electron chi connectivity index (χ2n) is 6.16. The van der Waals surface area contributed by atoms with Gasteiger partial charge in [-0.05, 0) is 38.5 Å². The van der Waals surface area contributed by atoms with Crippen LogP contribution in [0.4, 0.5) is 4.79 Å². The lowest BCUT2D eigenvalue weighted by atomic mass is 10.1. The summed E-state index contributed by atoms with van der Waals surface area (Å²) in [6.07, 6.45) is 0.206. The molecule has 0 fully saturated rings. The number of aromatic carboxylic acids is 1. The van der Waals surface area contributed by atoms with Crippen LogP contribution in [-0.2, 0) is 11.3 Å². The highest BCUT2D eigenvalue weighted by Crippen LogP contribution is 2.04. The highest BCUT2D eigenvalue weighted by Gasteiger charge is 2.13. The first-order valence-electron chi connectivity index (χ1n) is 7.32. The van der Waals surface area contributed by atoms with Crippen LogP contribution in [-0.4, -0.2) is 35.1 Å². The molecule has 1 rings (SSSR count). The highest BCUT2D eigenvalue weighted by molar-refractivity contribution is 5.87. The molecule has 7 heteroatoms. The van der Waals surface area contributed by atoms with E-state index in [4.69, 9.17) is 5.11 Å². The average Bonchev–Trinajstić information content (AvgIpc) is 2.43. The van der Waals surface area contributed by atoms with Crippen molar-refractivity contribution in [3.05, 3.63) is 35.4 Å². The zero-order valence-corrected chi connectivity index (χ0v) is 13.6. The van der Waals surface area contributed by atoms with Crippen LogP contribution in [0.15, 0.2) is 24.3 Å². The summed E-state index contributed by atoms with van der Waals surface area (Å²) in [5.41, 5.74) is 0.695. The van der Waals surface area contributed by atoms with Gasteiger partial charge in [0.15, 0.2) is 0 Å². The third kappa shape index (κ3) is 7.85. The first-order chi connectivity index (χ1) is 10.7. The van der Waals surface area contributed by atoms with Crippen LogP contribution >= 0.6 is 0 Å². The Labute approximate surface area is 135 Å². The number of nitrogens with one attached hydrogen (secondary N) is 3. The largest absolute Gasteiger partial charge is 0.478 e. The van der Waals surface area contributed by atoms with Crippen LogP contribution in [0.25, 0.3) is 0 Å². The van der Waals surface area contributed by atoms with Crippen molar-refractivity contribution in [1.82, 2.24) is 16.0 Å². The second-order valence-corrected chi connectivity index (χ2v) is 6.16. The zero-order chi connectivity index (χ0) is 17.5. The van der Waals surface area contributed by atoms with Gasteiger partial charge < -0.3 is 21.1 Å². The minimum Gasteiger partial charge on any atom is -0.478 e. The van der Waals surface area contributed by atoms with Crippen LogP contribution in [0.1, 0.15) is 43.1 Å². The predicted molar refractivity (Wildman–Crippen MR) is 86.2 cm³/mol. The number of hydrogen-bond donors (Lipinski definition) is 4. The van der Waals surface area contributed by atoms with Crippen molar-refractivity contribution >= 4 is 17.9 Å². The van der Waals surface area contributed by atoms with Crippen LogP contribution in [0.2, 0.25) is 0 Å². The van der Waals surface area contributed by atoms with E-state index in [0.29, 0.717) is 0 Å². The minimum atomic E-state index is -0.990. The Morgan fingerprint density at radius 3 is 2.17 bits per heavy atom.